The van der Waals surface area contributed by atoms with Crippen molar-refractivity contribution in [1.82, 2.24) is 14.5 Å². The van der Waals surface area contributed by atoms with Crippen LogP contribution >= 0.6 is 11.6 Å². The van der Waals surface area contributed by atoms with E-state index in [0.29, 0.717) is 18.7 Å². The molecule has 1 rings (SSSR count). The summed E-state index contributed by atoms with van der Waals surface area (Å²) in [5, 5.41) is 3.60. The lowest BCUT2D eigenvalue weighted by molar-refractivity contribution is 0.0980. The van der Waals surface area contributed by atoms with E-state index in [4.69, 9.17) is 11.6 Å². The Morgan fingerprint density at radius 2 is 1.95 bits per heavy atom. The van der Waals surface area contributed by atoms with Crippen LogP contribution in [0, 0.1) is 12.8 Å². The maximum atomic E-state index is 12.2. The highest BCUT2D eigenvalue weighted by molar-refractivity contribution is 7.90. The predicted octanol–water partition coefficient (Wildman–Crippen LogP) is 2.36. The van der Waals surface area contributed by atoms with E-state index < -0.39 is 21.2 Å². The molecular weight excluding hydrogens is 314 g/mol. The molecule has 0 aromatic carbocycles. The van der Waals surface area contributed by atoms with Gasteiger partial charge in [-0.05, 0) is 33.1 Å². The van der Waals surface area contributed by atoms with E-state index in [1.54, 1.807) is 13.8 Å². The minimum absolute atomic E-state index is 0.110. The van der Waals surface area contributed by atoms with E-state index in [9.17, 15) is 13.2 Å². The number of amides is 1. The second-order valence-corrected chi connectivity index (χ2v) is 7.94. The van der Waals surface area contributed by atoms with Crippen LogP contribution in [0.5, 0.6) is 0 Å². The Morgan fingerprint density at radius 3 is 2.38 bits per heavy atom. The molecule has 8 heteroatoms. The molecule has 1 amide bonds. The van der Waals surface area contributed by atoms with Crippen molar-refractivity contribution in [2.45, 2.75) is 52.8 Å². The summed E-state index contributed by atoms with van der Waals surface area (Å²) in [5.41, 5.74) is 0.518. The van der Waals surface area contributed by atoms with Crippen molar-refractivity contribution in [1.29, 1.82) is 0 Å². The number of carbonyl (C=O) groups is 1. The average molecular weight is 336 g/mol. The lowest BCUT2D eigenvalue weighted by Gasteiger charge is -2.15. The molecule has 0 aliphatic carbocycles. The van der Waals surface area contributed by atoms with Gasteiger partial charge in [-0.1, -0.05) is 25.4 Å². The molecule has 0 aliphatic rings. The summed E-state index contributed by atoms with van der Waals surface area (Å²) < 4.78 is 27.8. The first-order chi connectivity index (χ1) is 9.60. The van der Waals surface area contributed by atoms with Crippen molar-refractivity contribution in [2.24, 2.45) is 5.92 Å². The SMILES string of the molecule is CCn1nc(C)c(C(=O)NS(=O)(=O)C(C)CC(C)C)c1Cl. The Hall–Kier alpha value is -1.08. The third-order valence-corrected chi connectivity index (χ3v) is 5.27. The molecule has 1 atom stereocenters. The minimum Gasteiger partial charge on any atom is -0.268 e. The molecule has 0 bridgehead atoms. The summed E-state index contributed by atoms with van der Waals surface area (Å²) in [6.45, 7) is 9.40. The van der Waals surface area contributed by atoms with Gasteiger partial charge in [0.2, 0.25) is 10.0 Å². The number of aryl methyl sites for hydroxylation is 2. The summed E-state index contributed by atoms with van der Waals surface area (Å²) in [4.78, 5) is 12.2. The molecule has 1 aromatic heterocycles. The average Bonchev–Trinajstić information content (AvgIpc) is 2.62. The maximum Gasteiger partial charge on any atom is 0.269 e. The van der Waals surface area contributed by atoms with Gasteiger partial charge in [-0.2, -0.15) is 5.10 Å². The van der Waals surface area contributed by atoms with Crippen LogP contribution in [-0.2, 0) is 16.6 Å². The molecule has 1 heterocycles. The van der Waals surface area contributed by atoms with Gasteiger partial charge in [0.25, 0.3) is 5.91 Å². The van der Waals surface area contributed by atoms with E-state index in [-0.39, 0.29) is 16.6 Å². The van der Waals surface area contributed by atoms with Crippen LogP contribution in [0.25, 0.3) is 0 Å². The first-order valence-corrected chi connectivity index (χ1v) is 8.81. The van der Waals surface area contributed by atoms with Crippen molar-refractivity contribution in [3.8, 4) is 0 Å². The van der Waals surface area contributed by atoms with Gasteiger partial charge < -0.3 is 0 Å². The summed E-state index contributed by atoms with van der Waals surface area (Å²) in [6.07, 6.45) is 0.476. The molecule has 21 heavy (non-hydrogen) atoms. The maximum absolute atomic E-state index is 12.2. The number of hydrogen-bond acceptors (Lipinski definition) is 4. The zero-order chi connectivity index (χ0) is 16.4. The number of aromatic nitrogens is 2. The number of nitrogens with one attached hydrogen (secondary N) is 1. The molecule has 1 unspecified atom stereocenters. The van der Waals surface area contributed by atoms with Crippen LogP contribution < -0.4 is 4.72 Å². The van der Waals surface area contributed by atoms with Gasteiger partial charge in [-0.3, -0.25) is 9.48 Å². The largest absolute Gasteiger partial charge is 0.269 e. The molecule has 1 N–H and O–H groups in total. The molecule has 0 aliphatic heterocycles. The molecular formula is C13H22ClN3O3S. The van der Waals surface area contributed by atoms with Gasteiger partial charge in [0.05, 0.1) is 10.9 Å². The van der Waals surface area contributed by atoms with Crippen molar-refractivity contribution in [3.05, 3.63) is 16.4 Å². The number of halogens is 1. The summed E-state index contributed by atoms with van der Waals surface area (Å²) in [6, 6.07) is 0. The molecule has 0 spiro atoms. The van der Waals surface area contributed by atoms with Crippen molar-refractivity contribution >= 4 is 27.5 Å². The Morgan fingerprint density at radius 1 is 1.38 bits per heavy atom. The highest BCUT2D eigenvalue weighted by atomic mass is 35.5. The van der Waals surface area contributed by atoms with Gasteiger partial charge in [-0.25, -0.2) is 13.1 Å². The highest BCUT2D eigenvalue weighted by Crippen LogP contribution is 2.20. The monoisotopic (exact) mass is 335 g/mol. The normalized spacial score (nSPS) is 13.5. The van der Waals surface area contributed by atoms with Crippen molar-refractivity contribution < 1.29 is 13.2 Å². The van der Waals surface area contributed by atoms with Crippen molar-refractivity contribution in [2.75, 3.05) is 0 Å². The summed E-state index contributed by atoms with van der Waals surface area (Å²) >= 11 is 6.06. The second-order valence-electron chi connectivity index (χ2n) is 5.48. The smallest absolute Gasteiger partial charge is 0.268 e. The van der Waals surface area contributed by atoms with E-state index >= 15 is 0 Å². The standard InChI is InChI=1S/C13H22ClN3O3S/c1-6-17-12(14)11(10(5)15-17)13(18)16-21(19,20)9(4)7-8(2)3/h8-9H,6-7H2,1-5H3,(H,16,18). The highest BCUT2D eigenvalue weighted by Gasteiger charge is 2.27. The molecule has 0 saturated heterocycles. The quantitative estimate of drug-likeness (QED) is 0.865. The minimum atomic E-state index is -3.73. The van der Waals surface area contributed by atoms with Crippen LogP contribution in [-0.4, -0.2) is 29.4 Å². The lowest BCUT2D eigenvalue weighted by Crippen LogP contribution is -2.37. The Balaban J connectivity index is 2.99. The fourth-order valence-corrected chi connectivity index (χ4v) is 3.67. The third kappa shape index (κ3) is 4.20. The number of sulfonamides is 1. The van der Waals surface area contributed by atoms with Gasteiger partial charge in [0.15, 0.2) is 0 Å². The topological polar surface area (TPSA) is 81.1 Å². The molecule has 6 nitrogen and oxygen atoms in total. The molecule has 120 valence electrons. The van der Waals surface area contributed by atoms with Gasteiger partial charge in [-0.15, -0.1) is 0 Å². The lowest BCUT2D eigenvalue weighted by atomic mass is 10.1. The van der Waals surface area contributed by atoms with Crippen LogP contribution in [0.4, 0.5) is 0 Å². The Labute approximate surface area is 130 Å². The molecule has 0 fully saturated rings. The van der Waals surface area contributed by atoms with Gasteiger partial charge in [0, 0.05) is 6.54 Å². The first-order valence-electron chi connectivity index (χ1n) is 6.89. The number of hydrogen-bond donors (Lipinski definition) is 1. The van der Waals surface area contributed by atoms with Gasteiger partial charge in [0.1, 0.15) is 10.7 Å². The predicted molar refractivity (Wildman–Crippen MR) is 83.0 cm³/mol. The van der Waals surface area contributed by atoms with Crippen LogP contribution in [0.1, 0.15) is 50.2 Å². The first kappa shape index (κ1) is 18.0. The van der Waals surface area contributed by atoms with E-state index in [0.717, 1.165) is 0 Å². The van der Waals surface area contributed by atoms with Gasteiger partial charge >= 0.3 is 0 Å². The van der Waals surface area contributed by atoms with Crippen LogP contribution in [0.2, 0.25) is 5.15 Å². The van der Waals surface area contributed by atoms with E-state index in [2.05, 4.69) is 9.82 Å². The van der Waals surface area contributed by atoms with Crippen LogP contribution in [0.3, 0.4) is 0 Å². The summed E-state index contributed by atoms with van der Waals surface area (Å²) in [7, 11) is -3.73. The zero-order valence-electron chi connectivity index (χ0n) is 13.0. The Bertz CT molecular complexity index is 623. The number of nitrogens with zero attached hydrogens (tertiary/aromatic N) is 2. The summed E-state index contributed by atoms with van der Waals surface area (Å²) in [5.74, 6) is -0.507. The van der Waals surface area contributed by atoms with Crippen LogP contribution in [0.15, 0.2) is 0 Å². The zero-order valence-corrected chi connectivity index (χ0v) is 14.5. The van der Waals surface area contributed by atoms with E-state index in [1.165, 1.54) is 4.68 Å². The number of carbonyl (C=O) groups excluding carboxylic acids is 1. The second kappa shape index (κ2) is 6.79. The fourth-order valence-electron chi connectivity index (χ4n) is 2.09. The van der Waals surface area contributed by atoms with Crippen molar-refractivity contribution in [3.63, 3.8) is 0 Å². The van der Waals surface area contributed by atoms with E-state index in [1.807, 2.05) is 20.8 Å². The third-order valence-electron chi connectivity index (χ3n) is 3.16. The molecule has 0 radical (unpaired) electrons. The Kier molecular flexibility index (Phi) is 5.81. The molecule has 0 saturated carbocycles. The number of rotatable bonds is 6. The molecule has 1 aromatic rings. The fraction of sp³-hybridized carbons (Fsp3) is 0.692.